The number of carbonyl (C=O) groups excluding carboxylic acids is 1. The SMILES string of the molecule is Cc1cc(-c2cccc(C#C[C@@H](O)C3C(c4ccccc4)CC(=O)N3C)c2)c(C)[nH]1. The summed E-state index contributed by atoms with van der Waals surface area (Å²) in [5, 5.41) is 10.9. The number of likely N-dealkylation sites (tertiary alicyclic amines) is 1. The highest BCUT2D eigenvalue weighted by Gasteiger charge is 2.41. The van der Waals surface area contributed by atoms with E-state index in [4.69, 9.17) is 0 Å². The molecule has 2 N–H and O–H groups in total. The van der Waals surface area contributed by atoms with Gasteiger partial charge in [0.1, 0.15) is 6.10 Å². The van der Waals surface area contributed by atoms with Gasteiger partial charge in [-0.3, -0.25) is 4.79 Å². The highest BCUT2D eigenvalue weighted by atomic mass is 16.3. The predicted octanol–water partition coefficient (Wildman–Crippen LogP) is 4.03. The second kappa shape index (κ2) is 8.22. The van der Waals surface area contributed by atoms with Crippen molar-refractivity contribution in [2.24, 2.45) is 0 Å². The van der Waals surface area contributed by atoms with Crippen LogP contribution < -0.4 is 0 Å². The van der Waals surface area contributed by atoms with Crippen molar-refractivity contribution < 1.29 is 9.90 Å². The average Bonchev–Trinajstić information content (AvgIpc) is 3.25. The zero-order valence-electron chi connectivity index (χ0n) is 17.5. The van der Waals surface area contributed by atoms with Crippen molar-refractivity contribution in [1.29, 1.82) is 0 Å². The van der Waals surface area contributed by atoms with E-state index in [1.54, 1.807) is 11.9 Å². The minimum absolute atomic E-state index is 0.0370. The van der Waals surface area contributed by atoms with Gasteiger partial charge in [-0.05, 0) is 43.2 Å². The lowest BCUT2D eigenvalue weighted by Gasteiger charge is -2.27. The number of rotatable bonds is 3. The molecule has 4 rings (SSSR count). The van der Waals surface area contributed by atoms with Crippen LogP contribution in [-0.2, 0) is 4.79 Å². The molecule has 1 aliphatic heterocycles. The van der Waals surface area contributed by atoms with Crippen LogP contribution in [0.4, 0.5) is 0 Å². The van der Waals surface area contributed by atoms with E-state index < -0.39 is 6.10 Å². The molecule has 0 bridgehead atoms. The Labute approximate surface area is 177 Å². The summed E-state index contributed by atoms with van der Waals surface area (Å²) in [6.45, 7) is 4.10. The first-order valence-corrected chi connectivity index (χ1v) is 10.2. The van der Waals surface area contributed by atoms with Gasteiger partial charge in [0.25, 0.3) is 0 Å². The summed E-state index contributed by atoms with van der Waals surface area (Å²) in [4.78, 5) is 17.3. The molecule has 0 radical (unpaired) electrons. The van der Waals surface area contributed by atoms with Crippen LogP contribution in [0.25, 0.3) is 11.1 Å². The molecule has 2 heterocycles. The molecule has 1 amide bonds. The Bertz CT molecular complexity index is 1120. The maximum atomic E-state index is 12.3. The molecule has 1 fully saturated rings. The standard InChI is InChI=1S/C26H26N2O2/c1-17-14-22(18(2)27-17)21-11-7-8-19(15-21)12-13-24(29)26-23(16-25(30)28(26)3)20-9-5-4-6-10-20/h4-11,14-15,23-24,26-27,29H,16H2,1-3H3/t23?,24-,26?/m1/s1. The fourth-order valence-electron chi connectivity index (χ4n) is 4.37. The number of benzene rings is 2. The van der Waals surface area contributed by atoms with Crippen LogP contribution >= 0.6 is 0 Å². The van der Waals surface area contributed by atoms with Crippen molar-refractivity contribution in [2.45, 2.75) is 38.3 Å². The van der Waals surface area contributed by atoms with Crippen LogP contribution in [0.15, 0.2) is 60.7 Å². The molecule has 3 atom stereocenters. The normalized spacial score (nSPS) is 19.5. The van der Waals surface area contributed by atoms with Crippen molar-refractivity contribution in [1.82, 2.24) is 9.88 Å². The maximum Gasteiger partial charge on any atom is 0.223 e. The second-order valence-electron chi connectivity index (χ2n) is 8.00. The summed E-state index contributed by atoms with van der Waals surface area (Å²) < 4.78 is 0. The Balaban J connectivity index is 1.60. The molecule has 4 heteroatoms. The molecule has 2 unspecified atom stereocenters. The van der Waals surface area contributed by atoms with Crippen LogP contribution in [0.2, 0.25) is 0 Å². The molecule has 1 aliphatic rings. The van der Waals surface area contributed by atoms with Crippen LogP contribution in [0.5, 0.6) is 0 Å². The Morgan fingerprint density at radius 1 is 1.10 bits per heavy atom. The van der Waals surface area contributed by atoms with E-state index >= 15 is 0 Å². The number of likely N-dealkylation sites (N-methyl/N-ethyl adjacent to an activating group) is 1. The number of carbonyl (C=O) groups is 1. The second-order valence-corrected chi connectivity index (χ2v) is 8.00. The number of nitrogens with one attached hydrogen (secondary N) is 1. The molecule has 0 saturated carbocycles. The first kappa shape index (κ1) is 20.0. The molecule has 3 aromatic rings. The summed E-state index contributed by atoms with van der Waals surface area (Å²) in [7, 11) is 1.75. The zero-order valence-corrected chi connectivity index (χ0v) is 17.5. The predicted molar refractivity (Wildman–Crippen MR) is 119 cm³/mol. The number of H-pyrrole nitrogens is 1. The minimum atomic E-state index is -0.924. The third-order valence-corrected chi connectivity index (χ3v) is 5.89. The van der Waals surface area contributed by atoms with E-state index in [1.165, 1.54) is 0 Å². The first-order chi connectivity index (χ1) is 14.4. The van der Waals surface area contributed by atoms with E-state index in [9.17, 15) is 9.90 Å². The largest absolute Gasteiger partial charge is 0.378 e. The summed E-state index contributed by atoms with van der Waals surface area (Å²) in [6, 6.07) is 19.7. The van der Waals surface area contributed by atoms with Gasteiger partial charge in [0, 0.05) is 41.9 Å². The number of aliphatic hydroxyl groups is 1. The number of aromatic nitrogens is 1. The summed E-state index contributed by atoms with van der Waals surface area (Å²) in [6.07, 6.45) is -0.530. The average molecular weight is 399 g/mol. The molecule has 1 saturated heterocycles. The molecule has 1 aromatic heterocycles. The third-order valence-electron chi connectivity index (χ3n) is 5.89. The third kappa shape index (κ3) is 3.90. The maximum absolute atomic E-state index is 12.3. The van der Waals surface area contributed by atoms with Gasteiger partial charge in [-0.1, -0.05) is 54.3 Å². The number of aromatic amines is 1. The van der Waals surface area contributed by atoms with Gasteiger partial charge in [-0.25, -0.2) is 0 Å². The minimum Gasteiger partial charge on any atom is -0.378 e. The van der Waals surface area contributed by atoms with Gasteiger partial charge in [0.05, 0.1) is 6.04 Å². The number of hydrogen-bond acceptors (Lipinski definition) is 2. The fraction of sp³-hybridized carbons (Fsp3) is 0.269. The van der Waals surface area contributed by atoms with Crippen molar-refractivity contribution in [3.05, 3.63) is 83.2 Å². The van der Waals surface area contributed by atoms with E-state index in [1.807, 2.05) is 55.5 Å². The fourth-order valence-corrected chi connectivity index (χ4v) is 4.37. The molecule has 4 nitrogen and oxygen atoms in total. The van der Waals surface area contributed by atoms with Gasteiger partial charge in [-0.15, -0.1) is 0 Å². The lowest BCUT2D eigenvalue weighted by Crippen LogP contribution is -2.40. The van der Waals surface area contributed by atoms with Crippen LogP contribution in [0, 0.1) is 25.7 Å². The molecule has 152 valence electrons. The molecule has 2 aromatic carbocycles. The Morgan fingerprint density at radius 2 is 1.87 bits per heavy atom. The van der Waals surface area contributed by atoms with Crippen LogP contribution in [0.1, 0.15) is 34.9 Å². The molecular formula is C26H26N2O2. The van der Waals surface area contributed by atoms with Gasteiger partial charge >= 0.3 is 0 Å². The Morgan fingerprint density at radius 3 is 2.57 bits per heavy atom. The number of hydrogen-bond donors (Lipinski definition) is 2. The van der Waals surface area contributed by atoms with Crippen molar-refractivity contribution in [2.75, 3.05) is 7.05 Å². The highest BCUT2D eigenvalue weighted by Crippen LogP contribution is 2.35. The Hall–Kier alpha value is -3.29. The smallest absolute Gasteiger partial charge is 0.223 e. The van der Waals surface area contributed by atoms with Crippen molar-refractivity contribution in [3.63, 3.8) is 0 Å². The topological polar surface area (TPSA) is 56.3 Å². The van der Waals surface area contributed by atoms with E-state index in [-0.39, 0.29) is 17.9 Å². The quantitative estimate of drug-likeness (QED) is 0.655. The monoisotopic (exact) mass is 398 g/mol. The van der Waals surface area contributed by atoms with Gasteiger partial charge in [0.15, 0.2) is 0 Å². The molecule has 30 heavy (non-hydrogen) atoms. The van der Waals surface area contributed by atoms with Crippen LogP contribution in [0.3, 0.4) is 0 Å². The lowest BCUT2D eigenvalue weighted by molar-refractivity contribution is -0.128. The van der Waals surface area contributed by atoms with Crippen molar-refractivity contribution in [3.8, 4) is 23.0 Å². The van der Waals surface area contributed by atoms with E-state index in [0.29, 0.717) is 6.42 Å². The lowest BCUT2D eigenvalue weighted by atomic mass is 9.88. The van der Waals surface area contributed by atoms with E-state index in [0.717, 1.165) is 33.6 Å². The first-order valence-electron chi connectivity index (χ1n) is 10.2. The number of nitrogens with zero attached hydrogens (tertiary/aromatic N) is 1. The van der Waals surface area contributed by atoms with Gasteiger partial charge < -0.3 is 15.0 Å². The number of aryl methyl sites for hydroxylation is 2. The molecule has 0 spiro atoms. The zero-order chi connectivity index (χ0) is 21.3. The van der Waals surface area contributed by atoms with Crippen LogP contribution in [-0.4, -0.2) is 40.1 Å². The Kier molecular flexibility index (Phi) is 5.48. The van der Waals surface area contributed by atoms with Crippen molar-refractivity contribution >= 4 is 5.91 Å². The number of amides is 1. The highest BCUT2D eigenvalue weighted by molar-refractivity contribution is 5.80. The summed E-state index contributed by atoms with van der Waals surface area (Å²) >= 11 is 0. The molecular weight excluding hydrogens is 372 g/mol. The summed E-state index contributed by atoms with van der Waals surface area (Å²) in [5.41, 5.74) is 6.38. The molecule has 0 aliphatic carbocycles. The van der Waals surface area contributed by atoms with Gasteiger partial charge in [-0.2, -0.15) is 0 Å². The number of aliphatic hydroxyl groups excluding tert-OH is 1. The summed E-state index contributed by atoms with van der Waals surface area (Å²) in [5.74, 6) is 6.08. The van der Waals surface area contributed by atoms with Gasteiger partial charge in [0.2, 0.25) is 5.91 Å². The van der Waals surface area contributed by atoms with E-state index in [2.05, 4.69) is 35.9 Å².